The molecule has 142 valence electrons. The summed E-state index contributed by atoms with van der Waals surface area (Å²) in [6.45, 7) is 3.71. The molecule has 1 atom stereocenters. The fraction of sp³-hybridized carbons (Fsp3) is 0.350. The first kappa shape index (κ1) is 22.1. The van der Waals surface area contributed by atoms with E-state index in [0.717, 1.165) is 18.3 Å². The van der Waals surface area contributed by atoms with Crippen LogP contribution >= 0.6 is 24.0 Å². The van der Waals surface area contributed by atoms with E-state index in [4.69, 9.17) is 4.74 Å². The number of nitrogens with zero attached hydrogens (tertiary/aromatic N) is 2. The SMILES string of the molecule is CN=C(NCc1ccc(OC)cc1)NCC(C)N(C)c1ccccc1.I. The van der Waals surface area contributed by atoms with Crippen LogP contribution in [0, 0.1) is 0 Å². The summed E-state index contributed by atoms with van der Waals surface area (Å²) >= 11 is 0. The van der Waals surface area contributed by atoms with Crippen molar-refractivity contribution in [2.24, 2.45) is 4.99 Å². The summed E-state index contributed by atoms with van der Waals surface area (Å²) in [6.07, 6.45) is 0. The summed E-state index contributed by atoms with van der Waals surface area (Å²) in [5.74, 6) is 1.66. The van der Waals surface area contributed by atoms with Crippen molar-refractivity contribution in [3.8, 4) is 5.75 Å². The Morgan fingerprint density at radius 1 is 1.08 bits per heavy atom. The van der Waals surface area contributed by atoms with E-state index in [1.807, 2.05) is 30.3 Å². The van der Waals surface area contributed by atoms with Crippen molar-refractivity contribution in [2.75, 3.05) is 32.6 Å². The lowest BCUT2D eigenvalue weighted by molar-refractivity contribution is 0.414. The molecule has 0 aliphatic carbocycles. The molecule has 0 aliphatic heterocycles. The average Bonchev–Trinajstić information content (AvgIpc) is 2.68. The quantitative estimate of drug-likeness (QED) is 0.371. The number of benzene rings is 2. The first-order valence-corrected chi connectivity index (χ1v) is 8.49. The molecule has 0 aromatic heterocycles. The molecule has 26 heavy (non-hydrogen) atoms. The molecule has 0 aliphatic rings. The zero-order valence-corrected chi connectivity index (χ0v) is 18.2. The molecule has 0 saturated heterocycles. The number of nitrogens with one attached hydrogen (secondary N) is 2. The molecule has 0 fully saturated rings. The number of hydrogen-bond acceptors (Lipinski definition) is 3. The highest BCUT2D eigenvalue weighted by Gasteiger charge is 2.10. The predicted molar refractivity (Wildman–Crippen MR) is 121 cm³/mol. The molecule has 0 amide bonds. The van der Waals surface area contributed by atoms with Gasteiger partial charge < -0.3 is 20.3 Å². The molecule has 0 bridgehead atoms. The first-order valence-electron chi connectivity index (χ1n) is 8.49. The molecular weight excluding hydrogens is 439 g/mol. The van der Waals surface area contributed by atoms with Crippen molar-refractivity contribution >= 4 is 35.6 Å². The number of guanidine groups is 1. The van der Waals surface area contributed by atoms with Gasteiger partial charge in [-0.2, -0.15) is 0 Å². The normalized spacial score (nSPS) is 11.9. The minimum atomic E-state index is 0. The summed E-state index contributed by atoms with van der Waals surface area (Å²) in [7, 11) is 5.57. The maximum absolute atomic E-state index is 5.18. The largest absolute Gasteiger partial charge is 0.497 e. The molecule has 1 unspecified atom stereocenters. The van der Waals surface area contributed by atoms with Gasteiger partial charge in [0.1, 0.15) is 5.75 Å². The molecule has 2 aromatic rings. The van der Waals surface area contributed by atoms with Crippen LogP contribution in [0.5, 0.6) is 5.75 Å². The van der Waals surface area contributed by atoms with Crippen LogP contribution in [0.1, 0.15) is 12.5 Å². The average molecular weight is 468 g/mol. The summed E-state index contributed by atoms with van der Waals surface area (Å²) in [5.41, 5.74) is 2.39. The second-order valence-electron chi connectivity index (χ2n) is 5.95. The second kappa shape index (κ2) is 11.6. The summed E-state index contributed by atoms with van der Waals surface area (Å²) in [4.78, 5) is 6.55. The zero-order chi connectivity index (χ0) is 18.1. The summed E-state index contributed by atoms with van der Waals surface area (Å²) in [6, 6.07) is 18.7. The Kier molecular flexibility index (Phi) is 9.87. The number of halogens is 1. The maximum Gasteiger partial charge on any atom is 0.191 e. The maximum atomic E-state index is 5.18. The monoisotopic (exact) mass is 468 g/mol. The van der Waals surface area contributed by atoms with Crippen molar-refractivity contribution in [3.05, 3.63) is 60.2 Å². The number of para-hydroxylation sites is 1. The zero-order valence-electron chi connectivity index (χ0n) is 15.9. The van der Waals surface area contributed by atoms with Crippen LogP contribution in [0.15, 0.2) is 59.6 Å². The molecule has 2 aromatic carbocycles. The molecule has 0 radical (unpaired) electrons. The van der Waals surface area contributed by atoms with Crippen LogP contribution in [-0.4, -0.2) is 39.8 Å². The van der Waals surface area contributed by atoms with Crippen LogP contribution in [0.4, 0.5) is 5.69 Å². The lowest BCUT2D eigenvalue weighted by atomic mass is 10.2. The molecule has 2 N–H and O–H groups in total. The lowest BCUT2D eigenvalue weighted by Crippen LogP contribution is -2.44. The van der Waals surface area contributed by atoms with Gasteiger partial charge in [-0.25, -0.2) is 0 Å². The summed E-state index contributed by atoms with van der Waals surface area (Å²) in [5, 5.41) is 6.72. The van der Waals surface area contributed by atoms with Gasteiger partial charge in [-0.05, 0) is 36.8 Å². The molecule has 2 rings (SSSR count). The van der Waals surface area contributed by atoms with Crippen LogP contribution in [0.2, 0.25) is 0 Å². The van der Waals surface area contributed by atoms with Gasteiger partial charge in [0.25, 0.3) is 0 Å². The van der Waals surface area contributed by atoms with E-state index < -0.39 is 0 Å². The highest BCUT2D eigenvalue weighted by molar-refractivity contribution is 14.0. The number of methoxy groups -OCH3 is 1. The van der Waals surface area contributed by atoms with Gasteiger partial charge >= 0.3 is 0 Å². The highest BCUT2D eigenvalue weighted by atomic mass is 127. The minimum Gasteiger partial charge on any atom is -0.497 e. The Balaban J connectivity index is 0.00000338. The number of aliphatic imine (C=N–C) groups is 1. The smallest absolute Gasteiger partial charge is 0.191 e. The van der Waals surface area contributed by atoms with Gasteiger partial charge in [0, 0.05) is 38.9 Å². The van der Waals surface area contributed by atoms with Crippen LogP contribution < -0.4 is 20.3 Å². The van der Waals surface area contributed by atoms with Gasteiger partial charge in [-0.1, -0.05) is 30.3 Å². The minimum absolute atomic E-state index is 0. The van der Waals surface area contributed by atoms with E-state index >= 15 is 0 Å². The van der Waals surface area contributed by atoms with E-state index in [-0.39, 0.29) is 24.0 Å². The number of rotatable bonds is 7. The van der Waals surface area contributed by atoms with E-state index in [9.17, 15) is 0 Å². The topological polar surface area (TPSA) is 48.9 Å². The van der Waals surface area contributed by atoms with E-state index in [0.29, 0.717) is 12.6 Å². The summed E-state index contributed by atoms with van der Waals surface area (Å²) < 4.78 is 5.18. The molecular formula is C20H29IN4O. The van der Waals surface area contributed by atoms with Gasteiger partial charge in [-0.3, -0.25) is 4.99 Å². The molecule has 0 heterocycles. The second-order valence-corrected chi connectivity index (χ2v) is 5.95. The number of hydrogen-bond donors (Lipinski definition) is 2. The van der Waals surface area contributed by atoms with Gasteiger partial charge in [0.2, 0.25) is 0 Å². The van der Waals surface area contributed by atoms with Gasteiger partial charge in [-0.15, -0.1) is 24.0 Å². The highest BCUT2D eigenvalue weighted by Crippen LogP contribution is 2.13. The molecule has 0 saturated carbocycles. The van der Waals surface area contributed by atoms with Crippen molar-refractivity contribution in [3.63, 3.8) is 0 Å². The number of ether oxygens (including phenoxy) is 1. The van der Waals surface area contributed by atoms with Gasteiger partial charge in [0.05, 0.1) is 7.11 Å². The Morgan fingerprint density at radius 3 is 2.31 bits per heavy atom. The fourth-order valence-corrected chi connectivity index (χ4v) is 2.45. The van der Waals surface area contributed by atoms with Gasteiger partial charge in [0.15, 0.2) is 5.96 Å². The third-order valence-corrected chi connectivity index (χ3v) is 4.23. The third-order valence-electron chi connectivity index (χ3n) is 4.23. The van der Waals surface area contributed by atoms with E-state index in [1.54, 1.807) is 14.2 Å². The standard InChI is InChI=1S/C20H28N4O.HI/c1-16(24(3)18-8-6-5-7-9-18)14-22-20(21-2)23-15-17-10-12-19(25-4)13-11-17;/h5-13,16H,14-15H2,1-4H3,(H2,21,22,23);1H. The van der Waals surface area contributed by atoms with Crippen molar-refractivity contribution in [1.29, 1.82) is 0 Å². The first-order chi connectivity index (χ1) is 12.1. The molecule has 0 spiro atoms. The Bertz CT molecular complexity index is 661. The van der Waals surface area contributed by atoms with Crippen molar-refractivity contribution in [1.82, 2.24) is 10.6 Å². The molecule has 6 heteroatoms. The van der Waals surface area contributed by atoms with Crippen molar-refractivity contribution < 1.29 is 4.74 Å². The number of likely N-dealkylation sites (N-methyl/N-ethyl adjacent to an activating group) is 1. The van der Waals surface area contributed by atoms with E-state index in [1.165, 1.54) is 11.3 Å². The molecule has 5 nitrogen and oxygen atoms in total. The fourth-order valence-electron chi connectivity index (χ4n) is 2.45. The third kappa shape index (κ3) is 6.74. The van der Waals surface area contributed by atoms with Crippen LogP contribution in [-0.2, 0) is 6.54 Å². The van der Waals surface area contributed by atoms with E-state index in [2.05, 4.69) is 58.8 Å². The van der Waals surface area contributed by atoms with Crippen molar-refractivity contribution in [2.45, 2.75) is 19.5 Å². The van der Waals surface area contributed by atoms with Crippen LogP contribution in [0.25, 0.3) is 0 Å². The number of anilines is 1. The Labute approximate surface area is 173 Å². The predicted octanol–water partition coefficient (Wildman–Crippen LogP) is 3.50. The Hall–Kier alpha value is -1.96. The Morgan fingerprint density at radius 2 is 1.73 bits per heavy atom. The lowest BCUT2D eigenvalue weighted by Gasteiger charge is -2.27. The van der Waals surface area contributed by atoms with Crippen LogP contribution in [0.3, 0.4) is 0 Å².